The van der Waals surface area contributed by atoms with Crippen LogP contribution in [0.4, 0.5) is 0 Å². The summed E-state index contributed by atoms with van der Waals surface area (Å²) in [4.78, 5) is 11.4. The normalized spacial score (nSPS) is 10.9. The van der Waals surface area contributed by atoms with Crippen LogP contribution in [0.25, 0.3) is 5.69 Å². The van der Waals surface area contributed by atoms with E-state index >= 15 is 0 Å². The zero-order valence-corrected chi connectivity index (χ0v) is 12.9. The number of carboxylic acid groups (broad SMARTS) is 1. The minimum absolute atomic E-state index is 0.0631. The van der Waals surface area contributed by atoms with Crippen LogP contribution in [0.15, 0.2) is 24.3 Å². The van der Waals surface area contributed by atoms with Gasteiger partial charge in [0.1, 0.15) is 16.5 Å². The molecule has 1 aromatic heterocycles. The number of benzene rings is 1. The van der Waals surface area contributed by atoms with Crippen molar-refractivity contribution in [3.8, 4) is 11.4 Å². The van der Waals surface area contributed by atoms with Crippen molar-refractivity contribution in [2.45, 2.75) is 20.3 Å². The van der Waals surface area contributed by atoms with Gasteiger partial charge in [0.15, 0.2) is 0 Å². The number of aromatic nitrogens is 2. The maximum absolute atomic E-state index is 11.4. The van der Waals surface area contributed by atoms with Crippen LogP contribution in [0.3, 0.4) is 0 Å². The van der Waals surface area contributed by atoms with Gasteiger partial charge in [0.25, 0.3) is 0 Å². The van der Waals surface area contributed by atoms with E-state index in [0.717, 1.165) is 0 Å². The van der Waals surface area contributed by atoms with Gasteiger partial charge < -0.3 is 9.84 Å². The van der Waals surface area contributed by atoms with Gasteiger partial charge in [-0.15, -0.1) is 0 Å². The molecule has 0 amide bonds. The van der Waals surface area contributed by atoms with E-state index in [4.69, 9.17) is 16.3 Å². The molecule has 0 aliphatic carbocycles. The predicted octanol–water partition coefficient (Wildman–Crippen LogP) is 3.43. The highest BCUT2D eigenvalue weighted by atomic mass is 35.5. The first-order valence-corrected chi connectivity index (χ1v) is 6.97. The van der Waals surface area contributed by atoms with Gasteiger partial charge in [-0.25, -0.2) is 9.48 Å². The first-order chi connectivity index (χ1) is 9.93. The monoisotopic (exact) mass is 308 g/mol. The molecule has 112 valence electrons. The van der Waals surface area contributed by atoms with Crippen molar-refractivity contribution in [3.63, 3.8) is 0 Å². The van der Waals surface area contributed by atoms with E-state index < -0.39 is 5.97 Å². The van der Waals surface area contributed by atoms with Gasteiger partial charge in [-0.3, -0.25) is 0 Å². The van der Waals surface area contributed by atoms with Crippen LogP contribution in [0.2, 0.25) is 5.15 Å². The van der Waals surface area contributed by atoms with E-state index in [1.807, 2.05) is 13.8 Å². The summed E-state index contributed by atoms with van der Waals surface area (Å²) in [6.45, 7) is 4.01. The number of halogens is 1. The van der Waals surface area contributed by atoms with Crippen LogP contribution >= 0.6 is 11.6 Å². The molecule has 1 aromatic carbocycles. The molecule has 0 bridgehead atoms. The summed E-state index contributed by atoms with van der Waals surface area (Å²) >= 11 is 6.22. The van der Waals surface area contributed by atoms with Crippen molar-refractivity contribution in [2.75, 3.05) is 7.11 Å². The molecule has 6 heteroatoms. The van der Waals surface area contributed by atoms with Gasteiger partial charge in [-0.05, 0) is 24.5 Å². The minimum atomic E-state index is -1.07. The van der Waals surface area contributed by atoms with Crippen molar-refractivity contribution in [1.29, 1.82) is 0 Å². The number of carbonyl (C=O) groups is 1. The Hall–Kier alpha value is -2.01. The first-order valence-electron chi connectivity index (χ1n) is 6.59. The fraction of sp³-hybridized carbons (Fsp3) is 0.333. The molecule has 2 aromatic rings. The lowest BCUT2D eigenvalue weighted by Gasteiger charge is -2.05. The predicted molar refractivity (Wildman–Crippen MR) is 80.6 cm³/mol. The minimum Gasteiger partial charge on any atom is -0.497 e. The molecule has 0 fully saturated rings. The Kier molecular flexibility index (Phi) is 4.53. The summed E-state index contributed by atoms with van der Waals surface area (Å²) in [6, 6.07) is 7.15. The Labute approximate surface area is 128 Å². The molecule has 0 saturated heterocycles. The van der Waals surface area contributed by atoms with Crippen molar-refractivity contribution in [1.82, 2.24) is 9.78 Å². The molecule has 1 heterocycles. The molecule has 0 atom stereocenters. The van der Waals surface area contributed by atoms with Gasteiger partial charge >= 0.3 is 5.97 Å². The van der Waals surface area contributed by atoms with Gasteiger partial charge in [0.2, 0.25) is 0 Å². The van der Waals surface area contributed by atoms with Crippen LogP contribution in [-0.4, -0.2) is 28.0 Å². The average Bonchev–Trinajstić information content (AvgIpc) is 2.74. The second-order valence-electron chi connectivity index (χ2n) is 5.13. The maximum atomic E-state index is 11.4. The Morgan fingerprint density at radius 3 is 2.76 bits per heavy atom. The Morgan fingerprint density at radius 1 is 1.48 bits per heavy atom. The van der Waals surface area contributed by atoms with Crippen LogP contribution in [0, 0.1) is 5.92 Å². The molecule has 0 aliphatic rings. The van der Waals surface area contributed by atoms with Crippen LogP contribution in [-0.2, 0) is 6.42 Å². The fourth-order valence-electron chi connectivity index (χ4n) is 2.09. The van der Waals surface area contributed by atoms with Gasteiger partial charge in [0, 0.05) is 6.07 Å². The molecule has 0 aliphatic heterocycles. The van der Waals surface area contributed by atoms with Crippen molar-refractivity contribution < 1.29 is 14.6 Å². The van der Waals surface area contributed by atoms with Crippen LogP contribution in [0.5, 0.6) is 5.75 Å². The molecular formula is C15H17ClN2O3. The van der Waals surface area contributed by atoms with E-state index in [2.05, 4.69) is 5.10 Å². The van der Waals surface area contributed by atoms with Gasteiger partial charge in [-0.1, -0.05) is 31.5 Å². The van der Waals surface area contributed by atoms with Crippen molar-refractivity contribution in [3.05, 3.63) is 40.7 Å². The molecule has 0 spiro atoms. The Morgan fingerprint density at radius 2 is 2.19 bits per heavy atom. The zero-order chi connectivity index (χ0) is 15.6. The van der Waals surface area contributed by atoms with E-state index in [1.54, 1.807) is 31.4 Å². The number of nitrogens with zero attached hydrogens (tertiary/aromatic N) is 2. The summed E-state index contributed by atoms with van der Waals surface area (Å²) < 4.78 is 6.60. The highest BCUT2D eigenvalue weighted by Gasteiger charge is 2.23. The lowest BCUT2D eigenvalue weighted by Crippen LogP contribution is -2.03. The number of ether oxygens (including phenoxy) is 1. The SMILES string of the molecule is COc1cccc(-n2nc(CC(C)C)c(C(=O)O)c2Cl)c1. The zero-order valence-electron chi connectivity index (χ0n) is 12.1. The molecule has 0 radical (unpaired) electrons. The smallest absolute Gasteiger partial charge is 0.340 e. The average molecular weight is 309 g/mol. The lowest BCUT2D eigenvalue weighted by atomic mass is 10.1. The van der Waals surface area contributed by atoms with Crippen molar-refractivity contribution >= 4 is 17.6 Å². The summed E-state index contributed by atoms with van der Waals surface area (Å²) in [5.74, 6) is -0.126. The molecule has 0 unspecified atom stereocenters. The second kappa shape index (κ2) is 6.18. The number of methoxy groups -OCH3 is 1. The number of rotatable bonds is 5. The number of aromatic carboxylic acids is 1. The second-order valence-corrected chi connectivity index (χ2v) is 5.49. The molecule has 5 nitrogen and oxygen atoms in total. The Balaban J connectivity index is 2.56. The first kappa shape index (κ1) is 15.4. The topological polar surface area (TPSA) is 64.4 Å². The van der Waals surface area contributed by atoms with Crippen molar-refractivity contribution in [2.24, 2.45) is 5.92 Å². The molecule has 2 rings (SSSR count). The third kappa shape index (κ3) is 3.19. The molecule has 0 saturated carbocycles. The van der Waals surface area contributed by atoms with E-state index in [1.165, 1.54) is 4.68 Å². The Bertz CT molecular complexity index is 665. The highest BCUT2D eigenvalue weighted by Crippen LogP contribution is 2.27. The maximum Gasteiger partial charge on any atom is 0.340 e. The quantitative estimate of drug-likeness (QED) is 0.919. The largest absolute Gasteiger partial charge is 0.497 e. The summed E-state index contributed by atoms with van der Waals surface area (Å²) in [7, 11) is 1.57. The van der Waals surface area contributed by atoms with E-state index in [9.17, 15) is 9.90 Å². The van der Waals surface area contributed by atoms with E-state index in [-0.39, 0.29) is 16.6 Å². The number of hydrogen-bond donors (Lipinski definition) is 1. The van der Waals surface area contributed by atoms with Crippen LogP contribution in [0.1, 0.15) is 29.9 Å². The van der Waals surface area contributed by atoms with Crippen LogP contribution < -0.4 is 4.74 Å². The standard InChI is InChI=1S/C15H17ClN2O3/c1-9(2)7-12-13(15(19)20)14(16)18(17-12)10-5-4-6-11(8-10)21-3/h4-6,8-9H,7H2,1-3H3,(H,19,20). The summed E-state index contributed by atoms with van der Waals surface area (Å²) in [5.41, 5.74) is 1.22. The van der Waals surface area contributed by atoms with Gasteiger partial charge in [0.05, 0.1) is 18.5 Å². The lowest BCUT2D eigenvalue weighted by molar-refractivity contribution is 0.0695. The molecule has 1 N–H and O–H groups in total. The summed E-state index contributed by atoms with van der Waals surface area (Å²) in [6.07, 6.45) is 0.554. The highest BCUT2D eigenvalue weighted by molar-refractivity contribution is 6.33. The third-order valence-electron chi connectivity index (χ3n) is 3.01. The fourth-order valence-corrected chi connectivity index (χ4v) is 2.42. The third-order valence-corrected chi connectivity index (χ3v) is 3.36. The molecular weight excluding hydrogens is 292 g/mol. The number of carboxylic acids is 1. The van der Waals surface area contributed by atoms with E-state index in [0.29, 0.717) is 23.6 Å². The molecule has 21 heavy (non-hydrogen) atoms. The van der Waals surface area contributed by atoms with Gasteiger partial charge in [-0.2, -0.15) is 5.10 Å². The summed E-state index contributed by atoms with van der Waals surface area (Å²) in [5, 5.41) is 13.8. The number of hydrogen-bond acceptors (Lipinski definition) is 3.